The normalized spacial score (nSPS) is 28.9. The number of hydrogen-bond acceptors (Lipinski definition) is 5. The van der Waals surface area contributed by atoms with Crippen molar-refractivity contribution in [1.82, 2.24) is 19.6 Å². The summed E-state index contributed by atoms with van der Waals surface area (Å²) in [4.78, 5) is 26.7. The summed E-state index contributed by atoms with van der Waals surface area (Å²) in [6.07, 6.45) is -5.42. The Kier molecular flexibility index (Phi) is 9.64. The van der Waals surface area contributed by atoms with Crippen LogP contribution in [0.2, 0.25) is 0 Å². The molecule has 224 valence electrons. The summed E-state index contributed by atoms with van der Waals surface area (Å²) >= 11 is 0. The molecule has 4 aliphatic rings. The summed E-state index contributed by atoms with van der Waals surface area (Å²) in [6.45, 7) is 4.83. The highest BCUT2D eigenvalue weighted by Crippen LogP contribution is 2.48. The molecule has 0 aromatic rings. The van der Waals surface area contributed by atoms with Crippen LogP contribution in [0.4, 0.5) is 26.3 Å². The zero-order valence-corrected chi connectivity index (χ0v) is 23.1. The van der Waals surface area contributed by atoms with E-state index < -0.39 is 36.5 Å². The van der Waals surface area contributed by atoms with Gasteiger partial charge in [0, 0.05) is 53.4 Å². The third-order valence-electron chi connectivity index (χ3n) is 9.35. The summed E-state index contributed by atoms with van der Waals surface area (Å²) in [5, 5.41) is 0. The van der Waals surface area contributed by atoms with Crippen molar-refractivity contribution in [2.45, 2.75) is 76.2 Å². The van der Waals surface area contributed by atoms with Crippen molar-refractivity contribution in [3.05, 3.63) is 0 Å². The quantitative estimate of drug-likeness (QED) is 0.430. The first-order chi connectivity index (χ1) is 18.3. The molecule has 2 aliphatic heterocycles. The highest BCUT2D eigenvalue weighted by atomic mass is 19.4. The van der Waals surface area contributed by atoms with Gasteiger partial charge >= 0.3 is 12.4 Å². The molecular formula is C27H43F6N5O. The standard InChI is InChI=1S/C27H43F6N5O/c1-35(10-8-19-16-21(26(28,29)30)18-22(17-19)27(31,32)33)24(39)23(20-6-4-3-5-7-20)37-12-14-38(15-13-37)25-34-9-11-36(25)2/h19-23H,3-18H2,1-2H3. The lowest BCUT2D eigenvalue weighted by atomic mass is 9.73. The van der Waals surface area contributed by atoms with Crippen LogP contribution >= 0.6 is 0 Å². The van der Waals surface area contributed by atoms with Crippen LogP contribution in [-0.4, -0.2) is 110 Å². The fourth-order valence-electron chi connectivity index (χ4n) is 7.09. The third kappa shape index (κ3) is 7.52. The summed E-state index contributed by atoms with van der Waals surface area (Å²) in [5.41, 5.74) is 0. The molecule has 12 heteroatoms. The monoisotopic (exact) mass is 567 g/mol. The van der Waals surface area contributed by atoms with Crippen molar-refractivity contribution >= 4 is 11.9 Å². The molecule has 3 unspecified atom stereocenters. The Balaban J connectivity index is 1.39. The van der Waals surface area contributed by atoms with Gasteiger partial charge in [-0.15, -0.1) is 0 Å². The summed E-state index contributed by atoms with van der Waals surface area (Å²) < 4.78 is 80.5. The molecule has 0 bridgehead atoms. The molecule has 1 amide bonds. The fourth-order valence-corrected chi connectivity index (χ4v) is 7.09. The molecule has 2 saturated carbocycles. The Morgan fingerprint density at radius 1 is 0.923 bits per heavy atom. The minimum Gasteiger partial charge on any atom is -0.344 e. The topological polar surface area (TPSA) is 42.4 Å². The maximum absolute atomic E-state index is 13.8. The second kappa shape index (κ2) is 12.4. The highest BCUT2D eigenvalue weighted by Gasteiger charge is 2.51. The number of aliphatic imine (C=N–C) groups is 1. The Morgan fingerprint density at radius 2 is 1.51 bits per heavy atom. The van der Waals surface area contributed by atoms with Crippen LogP contribution in [0.1, 0.15) is 57.8 Å². The molecule has 0 radical (unpaired) electrons. The van der Waals surface area contributed by atoms with Gasteiger partial charge < -0.3 is 14.7 Å². The predicted molar refractivity (Wildman–Crippen MR) is 137 cm³/mol. The minimum atomic E-state index is -4.64. The number of nitrogens with zero attached hydrogens (tertiary/aromatic N) is 5. The summed E-state index contributed by atoms with van der Waals surface area (Å²) in [7, 11) is 3.68. The summed E-state index contributed by atoms with van der Waals surface area (Å²) in [6, 6.07) is -0.308. The summed E-state index contributed by atoms with van der Waals surface area (Å²) in [5.74, 6) is -3.45. The first-order valence-corrected chi connectivity index (χ1v) is 14.5. The molecule has 1 saturated heterocycles. The van der Waals surface area contributed by atoms with E-state index in [1.54, 1.807) is 11.9 Å². The number of piperazine rings is 1. The van der Waals surface area contributed by atoms with E-state index in [1.165, 1.54) is 0 Å². The average molecular weight is 568 g/mol. The number of amides is 1. The minimum absolute atomic E-state index is 0.0544. The van der Waals surface area contributed by atoms with Gasteiger partial charge in [0.05, 0.1) is 24.4 Å². The SMILES string of the molecule is CN(CCC1CC(C(F)(F)F)CC(C(F)(F)F)C1)C(=O)C(C1CCCCC1)N1CCN(C2=NCCN2C)CC1. The van der Waals surface area contributed by atoms with E-state index in [4.69, 9.17) is 0 Å². The Morgan fingerprint density at radius 3 is 2.03 bits per heavy atom. The van der Waals surface area contributed by atoms with E-state index in [1.807, 2.05) is 7.05 Å². The number of rotatable bonds is 6. The molecule has 0 spiro atoms. The molecule has 2 heterocycles. The zero-order chi connectivity index (χ0) is 28.4. The van der Waals surface area contributed by atoms with Crippen LogP contribution in [0.15, 0.2) is 4.99 Å². The van der Waals surface area contributed by atoms with Crippen LogP contribution in [0.5, 0.6) is 0 Å². The number of guanidine groups is 1. The van der Waals surface area contributed by atoms with E-state index in [-0.39, 0.29) is 43.7 Å². The lowest BCUT2D eigenvalue weighted by Gasteiger charge is -2.44. The molecule has 0 aromatic heterocycles. The first kappa shape index (κ1) is 30.2. The number of halogens is 6. The molecule has 2 aliphatic carbocycles. The zero-order valence-electron chi connectivity index (χ0n) is 23.1. The molecule has 3 atom stereocenters. The van der Waals surface area contributed by atoms with Crippen LogP contribution in [0, 0.1) is 23.7 Å². The van der Waals surface area contributed by atoms with E-state index in [0.717, 1.165) is 77.3 Å². The molecule has 6 nitrogen and oxygen atoms in total. The van der Waals surface area contributed by atoms with Crippen molar-refractivity contribution in [2.75, 3.05) is 59.9 Å². The largest absolute Gasteiger partial charge is 0.391 e. The van der Waals surface area contributed by atoms with E-state index in [0.29, 0.717) is 0 Å². The third-order valence-corrected chi connectivity index (χ3v) is 9.35. The van der Waals surface area contributed by atoms with Gasteiger partial charge in [-0.25, -0.2) is 0 Å². The van der Waals surface area contributed by atoms with Crippen molar-refractivity contribution < 1.29 is 31.1 Å². The number of alkyl halides is 6. The van der Waals surface area contributed by atoms with Crippen molar-refractivity contribution in [3.8, 4) is 0 Å². The maximum atomic E-state index is 13.8. The van der Waals surface area contributed by atoms with Crippen LogP contribution in [-0.2, 0) is 4.79 Å². The first-order valence-electron chi connectivity index (χ1n) is 14.5. The number of hydrogen-bond donors (Lipinski definition) is 0. The fraction of sp³-hybridized carbons (Fsp3) is 0.926. The molecule has 3 fully saturated rings. The number of likely N-dealkylation sites (N-methyl/N-ethyl adjacent to an activating group) is 2. The van der Waals surface area contributed by atoms with Gasteiger partial charge in [-0.3, -0.25) is 14.7 Å². The van der Waals surface area contributed by atoms with Gasteiger partial charge in [0.25, 0.3) is 0 Å². The van der Waals surface area contributed by atoms with Crippen molar-refractivity contribution in [2.24, 2.45) is 28.7 Å². The van der Waals surface area contributed by atoms with Gasteiger partial charge in [0.2, 0.25) is 5.91 Å². The molecule has 0 aromatic carbocycles. The van der Waals surface area contributed by atoms with Crippen molar-refractivity contribution in [3.63, 3.8) is 0 Å². The number of carbonyl (C=O) groups excluding carboxylic acids is 1. The van der Waals surface area contributed by atoms with Gasteiger partial charge in [0.15, 0.2) is 5.96 Å². The predicted octanol–water partition coefficient (Wildman–Crippen LogP) is 4.86. The lowest BCUT2D eigenvalue weighted by Crippen LogP contribution is -2.59. The van der Waals surface area contributed by atoms with Gasteiger partial charge in [-0.1, -0.05) is 19.3 Å². The second-order valence-electron chi connectivity index (χ2n) is 12.1. The van der Waals surface area contributed by atoms with Gasteiger partial charge in [0.1, 0.15) is 0 Å². The number of carbonyl (C=O) groups is 1. The van der Waals surface area contributed by atoms with Crippen LogP contribution < -0.4 is 0 Å². The Labute approximate surface area is 227 Å². The highest BCUT2D eigenvalue weighted by molar-refractivity contribution is 5.83. The van der Waals surface area contributed by atoms with E-state index in [2.05, 4.69) is 19.7 Å². The van der Waals surface area contributed by atoms with Crippen LogP contribution in [0.25, 0.3) is 0 Å². The lowest BCUT2D eigenvalue weighted by molar-refractivity contribution is -0.229. The van der Waals surface area contributed by atoms with E-state index >= 15 is 0 Å². The molecule has 0 N–H and O–H groups in total. The Hall–Kier alpha value is -1.72. The Bertz CT molecular complexity index is 829. The molecule has 4 rings (SSSR count). The van der Waals surface area contributed by atoms with Gasteiger partial charge in [-0.2, -0.15) is 26.3 Å². The second-order valence-corrected chi connectivity index (χ2v) is 12.1. The molecule has 39 heavy (non-hydrogen) atoms. The van der Waals surface area contributed by atoms with Gasteiger partial charge in [-0.05, 0) is 50.4 Å². The van der Waals surface area contributed by atoms with Crippen LogP contribution in [0.3, 0.4) is 0 Å². The smallest absolute Gasteiger partial charge is 0.344 e. The van der Waals surface area contributed by atoms with Crippen molar-refractivity contribution in [1.29, 1.82) is 0 Å². The average Bonchev–Trinajstić information content (AvgIpc) is 3.33. The maximum Gasteiger partial charge on any atom is 0.391 e. The van der Waals surface area contributed by atoms with E-state index in [9.17, 15) is 31.1 Å². The molecular weight excluding hydrogens is 524 g/mol.